The summed E-state index contributed by atoms with van der Waals surface area (Å²) in [4.78, 5) is 14.5. The van der Waals surface area contributed by atoms with Crippen molar-refractivity contribution in [2.45, 2.75) is 69.4 Å². The van der Waals surface area contributed by atoms with Gasteiger partial charge in [0.25, 0.3) is 0 Å². The number of carbonyl (C=O) groups is 1. The average Bonchev–Trinajstić information content (AvgIpc) is 3.31. The van der Waals surface area contributed by atoms with Crippen LogP contribution in [0, 0.1) is 11.8 Å². The lowest BCUT2D eigenvalue weighted by molar-refractivity contribution is -0.119. The molecule has 3 aliphatic carbocycles. The lowest BCUT2D eigenvalue weighted by atomic mass is 9.73. The first-order chi connectivity index (χ1) is 12.1. The maximum absolute atomic E-state index is 11.7. The van der Waals surface area contributed by atoms with Crippen molar-refractivity contribution in [1.82, 2.24) is 10.2 Å². The standard InChI is InChI=1S/C22H30N2O.H2/c1-15(25)23-20-14-22(19-5-3-2-4-18(19)20)8-10-24(11-9-22)21-13-16-6-7-17(21)12-16;/h2-5,16-17,20-21H,6-14H2,1H3,(H,23,25);1H. The van der Waals surface area contributed by atoms with E-state index in [1.54, 1.807) is 6.92 Å². The summed E-state index contributed by atoms with van der Waals surface area (Å²) in [6.07, 6.45) is 9.54. The van der Waals surface area contributed by atoms with Gasteiger partial charge in [0.05, 0.1) is 6.04 Å². The van der Waals surface area contributed by atoms with Crippen LogP contribution in [-0.4, -0.2) is 29.9 Å². The molecule has 1 aromatic carbocycles. The van der Waals surface area contributed by atoms with Gasteiger partial charge in [-0.25, -0.2) is 0 Å². The molecule has 2 saturated carbocycles. The molecule has 1 amide bonds. The maximum Gasteiger partial charge on any atom is 0.217 e. The van der Waals surface area contributed by atoms with E-state index < -0.39 is 0 Å². The Bertz CT molecular complexity index is 682. The van der Waals surface area contributed by atoms with E-state index >= 15 is 0 Å². The fourth-order valence-electron chi connectivity index (χ4n) is 6.68. The van der Waals surface area contributed by atoms with Crippen LogP contribution in [0.3, 0.4) is 0 Å². The van der Waals surface area contributed by atoms with Crippen LogP contribution in [0.2, 0.25) is 0 Å². The second-order valence-corrected chi connectivity index (χ2v) is 9.10. The molecular weight excluding hydrogens is 308 g/mol. The van der Waals surface area contributed by atoms with Crippen molar-refractivity contribution in [2.75, 3.05) is 13.1 Å². The van der Waals surface area contributed by atoms with Crippen LogP contribution in [0.5, 0.6) is 0 Å². The van der Waals surface area contributed by atoms with E-state index in [1.165, 1.54) is 62.7 Å². The van der Waals surface area contributed by atoms with Crippen molar-refractivity contribution in [3.05, 3.63) is 35.4 Å². The first-order valence-corrected chi connectivity index (χ1v) is 10.3. The van der Waals surface area contributed by atoms with E-state index in [0.717, 1.165) is 24.3 Å². The molecule has 1 N–H and O–H groups in total. The SMILES string of the molecule is CC(=O)NC1CC2(CCN(C3CC4CCC3C4)CC2)c2ccccc21.[HH]. The zero-order valence-electron chi connectivity index (χ0n) is 15.3. The van der Waals surface area contributed by atoms with Crippen LogP contribution in [0.1, 0.15) is 70.5 Å². The summed E-state index contributed by atoms with van der Waals surface area (Å²) >= 11 is 0. The topological polar surface area (TPSA) is 32.3 Å². The molecule has 4 aliphatic rings. The lowest BCUT2D eigenvalue weighted by Gasteiger charge is -2.44. The Labute approximate surface area is 152 Å². The van der Waals surface area contributed by atoms with Crippen molar-refractivity contribution < 1.29 is 6.22 Å². The van der Waals surface area contributed by atoms with Crippen molar-refractivity contribution >= 4 is 5.91 Å². The van der Waals surface area contributed by atoms with E-state index in [-0.39, 0.29) is 18.8 Å². The van der Waals surface area contributed by atoms with Crippen molar-refractivity contribution in [1.29, 1.82) is 0 Å². The van der Waals surface area contributed by atoms with Crippen molar-refractivity contribution in [2.24, 2.45) is 11.8 Å². The normalized spacial score (nSPS) is 35.9. The molecule has 2 bridgehead atoms. The first kappa shape index (κ1) is 15.9. The molecule has 4 unspecified atom stereocenters. The minimum atomic E-state index is 0. The molecule has 4 atom stereocenters. The monoisotopic (exact) mass is 340 g/mol. The van der Waals surface area contributed by atoms with Gasteiger partial charge < -0.3 is 10.2 Å². The summed E-state index contributed by atoms with van der Waals surface area (Å²) in [5.41, 5.74) is 3.17. The Morgan fingerprint density at radius 2 is 2.00 bits per heavy atom. The fraction of sp³-hybridized carbons (Fsp3) is 0.682. The molecule has 0 aromatic heterocycles. The summed E-state index contributed by atoms with van der Waals surface area (Å²) in [5, 5.41) is 3.21. The summed E-state index contributed by atoms with van der Waals surface area (Å²) in [6.45, 7) is 4.13. The second kappa shape index (κ2) is 5.84. The van der Waals surface area contributed by atoms with Crippen LogP contribution in [0.25, 0.3) is 0 Å². The number of nitrogens with zero attached hydrogens (tertiary/aromatic N) is 1. The minimum Gasteiger partial charge on any atom is -0.349 e. The number of hydrogen-bond acceptors (Lipinski definition) is 2. The van der Waals surface area contributed by atoms with Gasteiger partial charge in [-0.05, 0) is 74.6 Å². The quantitative estimate of drug-likeness (QED) is 0.881. The third-order valence-electron chi connectivity index (χ3n) is 7.80. The Hall–Kier alpha value is -1.35. The van der Waals surface area contributed by atoms with E-state index in [4.69, 9.17) is 0 Å². The van der Waals surface area contributed by atoms with Gasteiger partial charge >= 0.3 is 0 Å². The molecular formula is C22H32N2O. The molecule has 1 aromatic rings. The van der Waals surface area contributed by atoms with Gasteiger partial charge in [0.15, 0.2) is 0 Å². The van der Waals surface area contributed by atoms with Crippen LogP contribution < -0.4 is 5.32 Å². The fourth-order valence-corrected chi connectivity index (χ4v) is 6.68. The minimum absolute atomic E-state index is 0. The van der Waals surface area contributed by atoms with Gasteiger partial charge in [0, 0.05) is 19.8 Å². The van der Waals surface area contributed by atoms with Gasteiger partial charge in [-0.3, -0.25) is 4.79 Å². The smallest absolute Gasteiger partial charge is 0.217 e. The zero-order chi connectivity index (χ0) is 17.0. The molecule has 136 valence electrons. The van der Waals surface area contributed by atoms with E-state index in [2.05, 4.69) is 34.5 Å². The number of benzene rings is 1. The average molecular weight is 341 g/mol. The summed E-state index contributed by atoms with van der Waals surface area (Å²) in [6, 6.07) is 9.94. The van der Waals surface area contributed by atoms with E-state index in [1.807, 2.05) is 0 Å². The molecule has 1 heterocycles. The molecule has 3 fully saturated rings. The molecule has 3 heteroatoms. The third kappa shape index (κ3) is 2.54. The number of likely N-dealkylation sites (tertiary alicyclic amines) is 1. The Kier molecular flexibility index (Phi) is 3.70. The Morgan fingerprint density at radius 3 is 2.68 bits per heavy atom. The molecule has 1 spiro atoms. The third-order valence-corrected chi connectivity index (χ3v) is 7.80. The Balaban J connectivity index is 0.00000168. The molecule has 0 radical (unpaired) electrons. The van der Waals surface area contributed by atoms with E-state index in [9.17, 15) is 4.79 Å². The van der Waals surface area contributed by atoms with Crippen LogP contribution in [-0.2, 0) is 10.2 Å². The predicted octanol–water partition coefficient (Wildman–Crippen LogP) is 4.04. The zero-order valence-corrected chi connectivity index (χ0v) is 15.3. The number of carbonyl (C=O) groups excluding carboxylic acids is 1. The second-order valence-electron chi connectivity index (χ2n) is 9.10. The van der Waals surface area contributed by atoms with E-state index in [0.29, 0.717) is 0 Å². The molecule has 1 saturated heterocycles. The molecule has 3 nitrogen and oxygen atoms in total. The van der Waals surface area contributed by atoms with Crippen LogP contribution in [0.15, 0.2) is 24.3 Å². The number of amides is 1. The van der Waals surface area contributed by atoms with Crippen LogP contribution >= 0.6 is 0 Å². The number of hydrogen-bond donors (Lipinski definition) is 1. The number of piperidine rings is 1. The van der Waals surface area contributed by atoms with Gasteiger partial charge in [-0.15, -0.1) is 0 Å². The van der Waals surface area contributed by atoms with Gasteiger partial charge in [0.1, 0.15) is 0 Å². The van der Waals surface area contributed by atoms with Crippen molar-refractivity contribution in [3.8, 4) is 0 Å². The van der Waals surface area contributed by atoms with Gasteiger partial charge in [0.2, 0.25) is 5.91 Å². The molecule has 5 rings (SSSR count). The number of fused-ring (bicyclic) bond motifs is 4. The lowest BCUT2D eigenvalue weighted by Crippen LogP contribution is -2.48. The predicted molar refractivity (Wildman–Crippen MR) is 101 cm³/mol. The summed E-state index contributed by atoms with van der Waals surface area (Å²) in [5.74, 6) is 2.11. The maximum atomic E-state index is 11.7. The molecule has 25 heavy (non-hydrogen) atoms. The highest BCUT2D eigenvalue weighted by Crippen LogP contribution is 2.53. The summed E-state index contributed by atoms with van der Waals surface area (Å²) in [7, 11) is 0. The number of nitrogens with one attached hydrogen (secondary N) is 1. The number of rotatable bonds is 2. The Morgan fingerprint density at radius 1 is 1.20 bits per heavy atom. The van der Waals surface area contributed by atoms with Crippen LogP contribution in [0.4, 0.5) is 0 Å². The highest BCUT2D eigenvalue weighted by atomic mass is 16.1. The highest BCUT2D eigenvalue weighted by Gasteiger charge is 2.48. The van der Waals surface area contributed by atoms with Gasteiger partial charge in [-0.1, -0.05) is 30.7 Å². The highest BCUT2D eigenvalue weighted by molar-refractivity contribution is 5.73. The first-order valence-electron chi connectivity index (χ1n) is 10.3. The largest absolute Gasteiger partial charge is 0.349 e. The summed E-state index contributed by atoms with van der Waals surface area (Å²) < 4.78 is 0. The van der Waals surface area contributed by atoms with Crippen molar-refractivity contribution in [3.63, 3.8) is 0 Å². The van der Waals surface area contributed by atoms with Gasteiger partial charge in [-0.2, -0.15) is 0 Å². The molecule has 1 aliphatic heterocycles.